The maximum Gasteiger partial charge on any atom is 0.224 e. The Morgan fingerprint density at radius 1 is 1.05 bits per heavy atom. The highest BCUT2D eigenvalue weighted by Crippen LogP contribution is 2.25. The fourth-order valence-electron chi connectivity index (χ4n) is 3.60. The van der Waals surface area contributed by atoms with Crippen LogP contribution in [0.2, 0.25) is 0 Å². The number of aliphatic hydroxyl groups is 1. The summed E-state index contributed by atoms with van der Waals surface area (Å²) in [6.45, 7) is 0.847. The molecule has 0 aromatic rings. The molecule has 2 aliphatic rings. The largest absolute Gasteiger partial charge is 0.395 e. The van der Waals surface area contributed by atoms with Crippen LogP contribution in [0, 0.1) is 5.92 Å². The van der Waals surface area contributed by atoms with Gasteiger partial charge < -0.3 is 15.3 Å². The van der Waals surface area contributed by atoms with Crippen molar-refractivity contribution in [3.63, 3.8) is 0 Å². The highest BCUT2D eigenvalue weighted by atomic mass is 16.3. The summed E-state index contributed by atoms with van der Waals surface area (Å²) in [5.74, 6) is 0.320. The van der Waals surface area contributed by atoms with Gasteiger partial charge in [0, 0.05) is 31.5 Å². The van der Waals surface area contributed by atoms with E-state index < -0.39 is 0 Å². The Labute approximate surface area is 127 Å². The molecule has 0 atom stereocenters. The van der Waals surface area contributed by atoms with Crippen molar-refractivity contribution in [1.29, 1.82) is 0 Å². The number of nitrogens with zero attached hydrogens (tertiary/aromatic N) is 1. The van der Waals surface area contributed by atoms with Gasteiger partial charge in [-0.2, -0.15) is 0 Å². The van der Waals surface area contributed by atoms with Crippen molar-refractivity contribution < 1.29 is 14.7 Å². The highest BCUT2D eigenvalue weighted by Gasteiger charge is 2.26. The number of carbonyl (C=O) groups excluding carboxylic acids is 2. The first-order valence-corrected chi connectivity index (χ1v) is 8.40. The lowest BCUT2D eigenvalue weighted by atomic mass is 10.1. The summed E-state index contributed by atoms with van der Waals surface area (Å²) in [7, 11) is 0. The molecule has 120 valence electrons. The predicted octanol–water partition coefficient (Wildman–Crippen LogP) is 1.45. The number of hydrogen-bond acceptors (Lipinski definition) is 3. The molecular weight excluding hydrogens is 268 g/mol. The van der Waals surface area contributed by atoms with E-state index in [9.17, 15) is 9.59 Å². The third-order valence-electron chi connectivity index (χ3n) is 4.79. The standard InChI is InChI=1S/C16H28N2O3/c19-12-11-18(14-7-3-4-8-14)15(20)9-10-17-16(21)13-5-1-2-6-13/h13-14,19H,1-12H2,(H,17,21). The maximum atomic E-state index is 12.3. The van der Waals surface area contributed by atoms with E-state index in [1.165, 1.54) is 0 Å². The van der Waals surface area contributed by atoms with E-state index in [0.29, 0.717) is 19.5 Å². The molecule has 21 heavy (non-hydrogen) atoms. The Morgan fingerprint density at radius 3 is 2.29 bits per heavy atom. The number of carbonyl (C=O) groups is 2. The average Bonchev–Trinajstić information content (AvgIpc) is 3.17. The first-order valence-electron chi connectivity index (χ1n) is 8.40. The van der Waals surface area contributed by atoms with Gasteiger partial charge in [-0.1, -0.05) is 25.7 Å². The molecule has 0 aliphatic heterocycles. The van der Waals surface area contributed by atoms with E-state index in [4.69, 9.17) is 5.11 Å². The molecule has 0 bridgehead atoms. The smallest absolute Gasteiger partial charge is 0.224 e. The van der Waals surface area contributed by atoms with E-state index in [0.717, 1.165) is 51.4 Å². The van der Waals surface area contributed by atoms with E-state index in [1.807, 2.05) is 4.90 Å². The van der Waals surface area contributed by atoms with Gasteiger partial charge in [0.05, 0.1) is 6.61 Å². The zero-order valence-corrected chi connectivity index (χ0v) is 12.9. The minimum absolute atomic E-state index is 0.0106. The molecule has 0 saturated heterocycles. The number of rotatable bonds is 7. The molecule has 2 saturated carbocycles. The van der Waals surface area contributed by atoms with E-state index in [2.05, 4.69) is 5.32 Å². The van der Waals surface area contributed by atoms with Crippen molar-refractivity contribution in [2.24, 2.45) is 5.92 Å². The predicted molar refractivity (Wildman–Crippen MR) is 80.6 cm³/mol. The van der Waals surface area contributed by atoms with Crippen LogP contribution in [0.4, 0.5) is 0 Å². The summed E-state index contributed by atoms with van der Waals surface area (Å²) in [4.78, 5) is 26.0. The van der Waals surface area contributed by atoms with Crippen molar-refractivity contribution in [3.8, 4) is 0 Å². The zero-order valence-electron chi connectivity index (χ0n) is 12.9. The van der Waals surface area contributed by atoms with Crippen LogP contribution < -0.4 is 5.32 Å². The molecule has 2 aliphatic carbocycles. The number of amides is 2. The Bertz CT molecular complexity index is 347. The molecule has 0 spiro atoms. The third-order valence-corrected chi connectivity index (χ3v) is 4.79. The van der Waals surface area contributed by atoms with E-state index in [1.54, 1.807) is 0 Å². The van der Waals surface area contributed by atoms with Crippen molar-refractivity contribution in [1.82, 2.24) is 10.2 Å². The van der Waals surface area contributed by atoms with Crippen molar-refractivity contribution in [2.75, 3.05) is 19.7 Å². The fourth-order valence-corrected chi connectivity index (χ4v) is 3.60. The Balaban J connectivity index is 1.72. The monoisotopic (exact) mass is 296 g/mol. The maximum absolute atomic E-state index is 12.3. The summed E-state index contributed by atoms with van der Waals surface area (Å²) in [6.07, 6.45) is 9.01. The van der Waals surface area contributed by atoms with Gasteiger partial charge in [-0.05, 0) is 25.7 Å². The van der Waals surface area contributed by atoms with Gasteiger partial charge in [-0.25, -0.2) is 0 Å². The quantitative estimate of drug-likeness (QED) is 0.747. The Hall–Kier alpha value is -1.10. The minimum Gasteiger partial charge on any atom is -0.395 e. The first-order chi connectivity index (χ1) is 10.2. The summed E-state index contributed by atoms with van der Waals surface area (Å²) in [6, 6.07) is 0.287. The van der Waals surface area contributed by atoms with Gasteiger partial charge in [0.25, 0.3) is 0 Å². The molecule has 2 fully saturated rings. The molecule has 0 radical (unpaired) electrons. The van der Waals surface area contributed by atoms with Crippen molar-refractivity contribution >= 4 is 11.8 Å². The summed E-state index contributed by atoms with van der Waals surface area (Å²) in [5, 5.41) is 12.0. The van der Waals surface area contributed by atoms with Crippen LogP contribution in [-0.4, -0.2) is 47.6 Å². The van der Waals surface area contributed by atoms with Crippen LogP contribution in [0.25, 0.3) is 0 Å². The van der Waals surface area contributed by atoms with E-state index in [-0.39, 0.29) is 30.4 Å². The third kappa shape index (κ3) is 4.70. The fraction of sp³-hybridized carbons (Fsp3) is 0.875. The van der Waals surface area contributed by atoms with Crippen LogP contribution in [0.5, 0.6) is 0 Å². The zero-order chi connectivity index (χ0) is 15.1. The van der Waals surface area contributed by atoms with Gasteiger partial charge in [0.1, 0.15) is 0 Å². The van der Waals surface area contributed by atoms with Crippen molar-refractivity contribution in [2.45, 2.75) is 63.8 Å². The molecule has 2 rings (SSSR count). The molecule has 0 heterocycles. The summed E-state index contributed by atoms with van der Waals surface area (Å²) < 4.78 is 0. The molecule has 5 heteroatoms. The molecule has 2 N–H and O–H groups in total. The lowest BCUT2D eigenvalue weighted by Gasteiger charge is -2.28. The lowest BCUT2D eigenvalue weighted by molar-refractivity contribution is -0.134. The highest BCUT2D eigenvalue weighted by molar-refractivity contribution is 5.80. The average molecular weight is 296 g/mol. The molecule has 2 amide bonds. The Morgan fingerprint density at radius 2 is 1.67 bits per heavy atom. The second-order valence-corrected chi connectivity index (χ2v) is 6.27. The lowest BCUT2D eigenvalue weighted by Crippen LogP contribution is -2.42. The van der Waals surface area contributed by atoms with Crippen LogP contribution in [0.15, 0.2) is 0 Å². The van der Waals surface area contributed by atoms with Gasteiger partial charge in [0.15, 0.2) is 0 Å². The van der Waals surface area contributed by atoms with Gasteiger partial charge >= 0.3 is 0 Å². The van der Waals surface area contributed by atoms with Crippen molar-refractivity contribution in [3.05, 3.63) is 0 Å². The molecule has 5 nitrogen and oxygen atoms in total. The SMILES string of the molecule is O=C(NCCC(=O)N(CCO)C1CCCC1)C1CCCC1. The van der Waals surface area contributed by atoms with E-state index >= 15 is 0 Å². The number of hydrogen-bond donors (Lipinski definition) is 2. The molecule has 0 aromatic carbocycles. The Kier molecular flexibility index (Phi) is 6.49. The second-order valence-electron chi connectivity index (χ2n) is 6.27. The molecule has 0 unspecified atom stereocenters. The van der Waals surface area contributed by atoms with Gasteiger partial charge in [0.2, 0.25) is 11.8 Å². The summed E-state index contributed by atoms with van der Waals surface area (Å²) >= 11 is 0. The number of aliphatic hydroxyl groups excluding tert-OH is 1. The van der Waals surface area contributed by atoms with Crippen LogP contribution in [-0.2, 0) is 9.59 Å². The molecular formula is C16H28N2O3. The normalized spacial score (nSPS) is 19.9. The van der Waals surface area contributed by atoms with Crippen LogP contribution >= 0.6 is 0 Å². The van der Waals surface area contributed by atoms with Gasteiger partial charge in [-0.3, -0.25) is 9.59 Å². The van der Waals surface area contributed by atoms with Crippen LogP contribution in [0.1, 0.15) is 57.8 Å². The van der Waals surface area contributed by atoms with Gasteiger partial charge in [-0.15, -0.1) is 0 Å². The second kappa shape index (κ2) is 8.37. The van der Waals surface area contributed by atoms with Crippen LogP contribution in [0.3, 0.4) is 0 Å². The first kappa shape index (κ1) is 16.3. The number of nitrogens with one attached hydrogen (secondary N) is 1. The molecule has 0 aromatic heterocycles. The summed E-state index contributed by atoms with van der Waals surface area (Å²) in [5.41, 5.74) is 0. The topological polar surface area (TPSA) is 69.6 Å². The minimum atomic E-state index is 0.0106.